The second-order valence-electron chi connectivity index (χ2n) is 16.4. The Balaban J connectivity index is 2.24. The van der Waals surface area contributed by atoms with Gasteiger partial charge in [0.2, 0.25) is 23.6 Å². The number of hydrogen-bond acceptors (Lipinski definition) is 12. The van der Waals surface area contributed by atoms with Crippen LogP contribution in [0.4, 0.5) is 9.59 Å². The lowest BCUT2D eigenvalue weighted by atomic mass is 9.93. The molecular weight excluding hydrogens is 813 g/mol. The van der Waals surface area contributed by atoms with Gasteiger partial charge in [-0.1, -0.05) is 12.1 Å². The molecule has 3 rings (SSSR count). The zero-order valence-electron chi connectivity index (χ0n) is 36.5. The summed E-state index contributed by atoms with van der Waals surface area (Å²) < 4.78 is 23.1. The molecule has 1 aliphatic rings. The van der Waals surface area contributed by atoms with Gasteiger partial charge in [-0.25, -0.2) is 14.4 Å². The van der Waals surface area contributed by atoms with E-state index in [0.29, 0.717) is 22.4 Å². The van der Waals surface area contributed by atoms with Gasteiger partial charge >= 0.3 is 18.2 Å². The van der Waals surface area contributed by atoms with Crippen molar-refractivity contribution in [3.05, 3.63) is 47.5 Å². The number of alkyl carbamates (subject to hydrolysis) is 2. The van der Waals surface area contributed by atoms with Gasteiger partial charge in [0.1, 0.15) is 60.1 Å². The molecule has 0 unspecified atom stereocenters. The van der Waals surface area contributed by atoms with Gasteiger partial charge in [-0.3, -0.25) is 19.2 Å². The number of carboxylic acid groups (broad SMARTS) is 1. The molecule has 6 N–H and O–H groups in total. The lowest BCUT2D eigenvalue weighted by molar-refractivity contribution is -0.143. The Labute approximate surface area is 360 Å². The minimum atomic E-state index is -1.41. The molecule has 1 heterocycles. The third-order valence-electron chi connectivity index (χ3n) is 8.79. The maximum Gasteiger partial charge on any atom is 0.407 e. The highest BCUT2D eigenvalue weighted by Gasteiger charge is 2.36. The minimum Gasteiger partial charge on any atom is -0.491 e. The lowest BCUT2D eigenvalue weighted by Gasteiger charge is -2.32. The number of carboxylic acids is 1. The highest BCUT2D eigenvalue weighted by Crippen LogP contribution is 2.40. The van der Waals surface area contributed by atoms with E-state index in [1.807, 2.05) is 6.26 Å². The van der Waals surface area contributed by atoms with Crippen molar-refractivity contribution < 1.29 is 57.6 Å². The summed E-state index contributed by atoms with van der Waals surface area (Å²) >= 11 is 1.47. The van der Waals surface area contributed by atoms with E-state index >= 15 is 0 Å². The van der Waals surface area contributed by atoms with Gasteiger partial charge in [0.05, 0.1) is 13.1 Å². The van der Waals surface area contributed by atoms with Crippen molar-refractivity contribution in [3.8, 4) is 22.6 Å². The molecule has 0 radical (unpaired) electrons. The van der Waals surface area contributed by atoms with Crippen LogP contribution in [0.3, 0.4) is 0 Å². The normalized spacial score (nSPS) is 17.2. The van der Waals surface area contributed by atoms with E-state index in [2.05, 4.69) is 26.6 Å². The predicted octanol–water partition coefficient (Wildman–Crippen LogP) is 3.55. The SMILES string of the molecule is CSCC[C@H](NC(C)=O)C(=O)N(C)[C@@H]1C(=O)N[C@@H](C)C(=O)N[C@H](C(=O)O)Cc2ccc(OCCNC(=O)OC(C)(C)C)c(c2)-c2cc1ccc2OCCNC(=O)OC(C)(C)C. The zero-order valence-corrected chi connectivity index (χ0v) is 37.3. The van der Waals surface area contributed by atoms with E-state index in [9.17, 15) is 38.7 Å². The number of aliphatic carboxylic acids is 1. The number of thioether (sulfide) groups is 1. The monoisotopic (exact) mass is 872 g/mol. The summed E-state index contributed by atoms with van der Waals surface area (Å²) in [6.45, 7) is 13.1. The third-order valence-corrected chi connectivity index (χ3v) is 9.43. The lowest BCUT2D eigenvalue weighted by Crippen LogP contribution is -2.54. The molecule has 0 saturated heterocycles. The molecule has 18 nitrogen and oxygen atoms in total. The topological polar surface area (TPSA) is 240 Å². The molecule has 0 aromatic heterocycles. The maximum absolute atomic E-state index is 14.3. The van der Waals surface area contributed by atoms with E-state index < -0.39 is 77.2 Å². The van der Waals surface area contributed by atoms with Gasteiger partial charge in [0, 0.05) is 31.5 Å². The predicted molar refractivity (Wildman–Crippen MR) is 228 cm³/mol. The first-order valence-corrected chi connectivity index (χ1v) is 21.2. The summed E-state index contributed by atoms with van der Waals surface area (Å²) in [5.41, 5.74) is 0.0344. The molecule has 0 spiro atoms. The number of carbonyl (C=O) groups excluding carboxylic acids is 6. The fourth-order valence-electron chi connectivity index (χ4n) is 6.10. The Kier molecular flexibility index (Phi) is 18.1. The summed E-state index contributed by atoms with van der Waals surface area (Å²) in [7, 11) is 1.41. The van der Waals surface area contributed by atoms with Gasteiger partial charge in [0.15, 0.2) is 0 Å². The summed E-state index contributed by atoms with van der Waals surface area (Å²) in [4.78, 5) is 92.5. The quantitative estimate of drug-likeness (QED) is 0.141. The first-order chi connectivity index (χ1) is 28.5. The molecule has 61 heavy (non-hydrogen) atoms. The molecule has 0 saturated carbocycles. The molecule has 4 bridgehead atoms. The average Bonchev–Trinajstić information content (AvgIpc) is 3.14. The van der Waals surface area contributed by atoms with Gasteiger partial charge in [0.25, 0.3) is 0 Å². The van der Waals surface area contributed by atoms with Gasteiger partial charge < -0.3 is 55.5 Å². The molecule has 4 atom stereocenters. The van der Waals surface area contributed by atoms with Crippen LogP contribution in [0.2, 0.25) is 0 Å². The number of carbonyl (C=O) groups is 7. The van der Waals surface area contributed by atoms with E-state index in [-0.39, 0.29) is 56.2 Å². The molecule has 0 fully saturated rings. The van der Waals surface area contributed by atoms with E-state index in [4.69, 9.17) is 18.9 Å². The number of likely N-dealkylation sites (N-methyl/N-ethyl adjacent to an activating group) is 1. The zero-order chi connectivity index (χ0) is 45.7. The second-order valence-corrected chi connectivity index (χ2v) is 17.3. The Morgan fingerprint density at radius 2 is 1.39 bits per heavy atom. The van der Waals surface area contributed by atoms with Crippen molar-refractivity contribution in [2.75, 3.05) is 45.4 Å². The first-order valence-electron chi connectivity index (χ1n) is 19.8. The van der Waals surface area contributed by atoms with Crippen LogP contribution in [0.1, 0.15) is 79.0 Å². The summed E-state index contributed by atoms with van der Waals surface area (Å²) in [5.74, 6) is -2.83. The van der Waals surface area contributed by atoms with Crippen LogP contribution in [0.15, 0.2) is 36.4 Å². The fourth-order valence-corrected chi connectivity index (χ4v) is 6.58. The second kappa shape index (κ2) is 22.2. The average molecular weight is 873 g/mol. The minimum absolute atomic E-state index is 0.0319. The number of ether oxygens (including phenoxy) is 4. The number of benzene rings is 2. The van der Waals surface area contributed by atoms with Crippen LogP contribution in [0.25, 0.3) is 11.1 Å². The van der Waals surface area contributed by atoms with Crippen LogP contribution in [-0.2, 0) is 39.9 Å². The van der Waals surface area contributed by atoms with Crippen molar-refractivity contribution in [1.29, 1.82) is 0 Å². The fraction of sp³-hybridized carbons (Fsp3) is 0.548. The molecule has 6 amide bonds. The van der Waals surface area contributed by atoms with Crippen LogP contribution in [0.5, 0.6) is 11.5 Å². The summed E-state index contributed by atoms with van der Waals surface area (Å²) in [6.07, 6.45) is 0.659. The Morgan fingerprint density at radius 1 is 0.852 bits per heavy atom. The van der Waals surface area contributed by atoms with E-state index in [1.165, 1.54) is 37.6 Å². The van der Waals surface area contributed by atoms with E-state index in [1.54, 1.807) is 77.9 Å². The standard InChI is InChI=1S/C42H60N6O12S/c1-24-35(50)47-31(38(53)54)22-26-11-13-32(57-18-16-43-39(55)59-41(3,4)5)28(21-26)29-23-27(12-14-33(29)58-19-17-44-40(56)60-42(6,7)8)34(36(51)45-24)48(9)37(52)30(15-20-61-10)46-25(2)49/h11-14,21,23-24,30-31,34H,15-20,22H2,1-10H3,(H,43,55)(H,44,56)(H,45,51)(H,46,49)(H,47,50)(H,53,54)/t24-,30-,31-,34-/m0/s1. The Bertz CT molecular complexity index is 1910. The van der Waals surface area contributed by atoms with Crippen molar-refractivity contribution in [2.45, 2.75) is 104 Å². The Morgan fingerprint density at radius 3 is 1.90 bits per heavy atom. The van der Waals surface area contributed by atoms with Crippen LogP contribution >= 0.6 is 11.8 Å². The van der Waals surface area contributed by atoms with Crippen LogP contribution in [0, 0.1) is 0 Å². The maximum atomic E-state index is 14.3. The molecule has 2 aromatic carbocycles. The van der Waals surface area contributed by atoms with Crippen molar-refractivity contribution >= 4 is 53.5 Å². The smallest absolute Gasteiger partial charge is 0.407 e. The third kappa shape index (κ3) is 16.0. The number of fused-ring (bicyclic) bond motifs is 5. The largest absolute Gasteiger partial charge is 0.491 e. The molecular formula is C42H60N6O12S. The molecule has 336 valence electrons. The molecule has 2 aromatic rings. The Hall–Kier alpha value is -5.72. The van der Waals surface area contributed by atoms with Crippen molar-refractivity contribution in [1.82, 2.24) is 31.5 Å². The summed E-state index contributed by atoms with van der Waals surface area (Å²) in [5, 5.41) is 23.3. The van der Waals surface area contributed by atoms with Gasteiger partial charge in [-0.2, -0.15) is 11.8 Å². The number of rotatable bonds is 15. The van der Waals surface area contributed by atoms with Gasteiger partial charge in [-0.05, 0) is 102 Å². The van der Waals surface area contributed by atoms with Crippen molar-refractivity contribution in [2.24, 2.45) is 0 Å². The molecule has 1 aliphatic heterocycles. The van der Waals surface area contributed by atoms with Crippen molar-refractivity contribution in [3.63, 3.8) is 0 Å². The number of hydrogen-bond donors (Lipinski definition) is 6. The highest BCUT2D eigenvalue weighted by molar-refractivity contribution is 7.98. The van der Waals surface area contributed by atoms with Gasteiger partial charge in [-0.15, -0.1) is 0 Å². The number of nitrogens with one attached hydrogen (secondary N) is 5. The number of amides is 6. The van der Waals surface area contributed by atoms with Crippen LogP contribution < -0.4 is 36.1 Å². The summed E-state index contributed by atoms with van der Waals surface area (Å²) in [6, 6.07) is 4.67. The first kappa shape index (κ1) is 49.6. The van der Waals surface area contributed by atoms with E-state index in [0.717, 1.165) is 0 Å². The highest BCUT2D eigenvalue weighted by atomic mass is 32.2. The number of nitrogens with zero attached hydrogens (tertiary/aromatic N) is 1. The molecule has 19 heteroatoms. The van der Waals surface area contributed by atoms with Crippen LogP contribution in [-0.4, -0.2) is 126 Å². The molecule has 0 aliphatic carbocycles.